The molecule has 1 heterocycles. The smallest absolute Gasteiger partial charge is 0.325 e. The zero-order valence-electron chi connectivity index (χ0n) is 7.93. The SMILES string of the molecule is C[C@H](NC(=O)N1CCC(O)C1)C(=O)O. The van der Waals surface area contributed by atoms with Gasteiger partial charge >= 0.3 is 12.0 Å². The summed E-state index contributed by atoms with van der Waals surface area (Å²) in [5.74, 6) is -1.07. The van der Waals surface area contributed by atoms with Crippen LogP contribution in [0.25, 0.3) is 0 Å². The first-order valence-corrected chi connectivity index (χ1v) is 4.47. The highest BCUT2D eigenvalue weighted by Gasteiger charge is 2.26. The lowest BCUT2D eigenvalue weighted by molar-refractivity contribution is -0.138. The monoisotopic (exact) mass is 202 g/mol. The second kappa shape index (κ2) is 4.28. The molecular weight excluding hydrogens is 188 g/mol. The summed E-state index contributed by atoms with van der Waals surface area (Å²) in [6.45, 7) is 2.14. The Kier molecular flexibility index (Phi) is 3.29. The minimum absolute atomic E-state index is 0.276. The Morgan fingerprint density at radius 2 is 2.21 bits per heavy atom. The number of rotatable bonds is 2. The van der Waals surface area contributed by atoms with Crippen LogP contribution in [0.1, 0.15) is 13.3 Å². The highest BCUT2D eigenvalue weighted by molar-refractivity contribution is 5.82. The number of urea groups is 1. The van der Waals surface area contributed by atoms with Crippen molar-refractivity contribution in [3.63, 3.8) is 0 Å². The number of carbonyl (C=O) groups is 2. The molecule has 0 aromatic carbocycles. The molecule has 0 radical (unpaired) electrons. The number of hydrogen-bond donors (Lipinski definition) is 3. The first-order valence-electron chi connectivity index (χ1n) is 4.47. The van der Waals surface area contributed by atoms with Crippen LogP contribution in [-0.4, -0.2) is 52.3 Å². The average molecular weight is 202 g/mol. The van der Waals surface area contributed by atoms with E-state index in [9.17, 15) is 9.59 Å². The number of carboxylic acid groups (broad SMARTS) is 1. The van der Waals surface area contributed by atoms with E-state index in [0.29, 0.717) is 13.0 Å². The van der Waals surface area contributed by atoms with Crippen molar-refractivity contribution in [3.05, 3.63) is 0 Å². The largest absolute Gasteiger partial charge is 0.480 e. The zero-order chi connectivity index (χ0) is 10.7. The van der Waals surface area contributed by atoms with E-state index in [2.05, 4.69) is 5.32 Å². The van der Waals surface area contributed by atoms with Crippen LogP contribution in [0.15, 0.2) is 0 Å². The molecule has 1 fully saturated rings. The maximum Gasteiger partial charge on any atom is 0.325 e. The van der Waals surface area contributed by atoms with Gasteiger partial charge in [-0.2, -0.15) is 0 Å². The normalized spacial score (nSPS) is 23.3. The van der Waals surface area contributed by atoms with Gasteiger partial charge in [-0.25, -0.2) is 4.79 Å². The lowest BCUT2D eigenvalue weighted by atomic mass is 10.3. The van der Waals surface area contributed by atoms with E-state index < -0.39 is 24.1 Å². The summed E-state index contributed by atoms with van der Waals surface area (Å²) in [4.78, 5) is 23.2. The van der Waals surface area contributed by atoms with Gasteiger partial charge in [-0.05, 0) is 13.3 Å². The molecule has 14 heavy (non-hydrogen) atoms. The third-order valence-corrected chi connectivity index (χ3v) is 2.16. The van der Waals surface area contributed by atoms with Gasteiger partial charge in [0.2, 0.25) is 0 Å². The van der Waals surface area contributed by atoms with Crippen molar-refractivity contribution in [2.24, 2.45) is 0 Å². The van der Waals surface area contributed by atoms with Crippen molar-refractivity contribution < 1.29 is 19.8 Å². The van der Waals surface area contributed by atoms with Gasteiger partial charge in [-0.3, -0.25) is 4.79 Å². The van der Waals surface area contributed by atoms with Crippen LogP contribution >= 0.6 is 0 Å². The standard InChI is InChI=1S/C8H14N2O4/c1-5(7(12)13)9-8(14)10-3-2-6(11)4-10/h5-6,11H,2-4H2,1H3,(H,9,14)(H,12,13)/t5-,6?/m0/s1. The summed E-state index contributed by atoms with van der Waals surface area (Å²) in [6.07, 6.45) is 0.0652. The maximum absolute atomic E-state index is 11.3. The minimum Gasteiger partial charge on any atom is -0.480 e. The zero-order valence-corrected chi connectivity index (χ0v) is 7.93. The number of amides is 2. The summed E-state index contributed by atoms with van der Waals surface area (Å²) in [5, 5.41) is 20.0. The summed E-state index contributed by atoms with van der Waals surface area (Å²) in [6, 6.07) is -1.34. The van der Waals surface area contributed by atoms with Gasteiger partial charge in [0.25, 0.3) is 0 Å². The number of carboxylic acids is 1. The Labute approximate surface area is 81.5 Å². The van der Waals surface area contributed by atoms with E-state index in [4.69, 9.17) is 10.2 Å². The molecule has 1 rings (SSSR count). The second-order valence-corrected chi connectivity index (χ2v) is 3.40. The number of aliphatic hydroxyl groups is 1. The molecular formula is C8H14N2O4. The number of nitrogens with zero attached hydrogens (tertiary/aromatic N) is 1. The number of hydrogen-bond acceptors (Lipinski definition) is 3. The third-order valence-electron chi connectivity index (χ3n) is 2.16. The van der Waals surface area contributed by atoms with Gasteiger partial charge in [0.05, 0.1) is 6.10 Å². The lowest BCUT2D eigenvalue weighted by Crippen LogP contribution is -2.46. The van der Waals surface area contributed by atoms with Gasteiger partial charge in [0.15, 0.2) is 0 Å². The Hall–Kier alpha value is -1.30. The Morgan fingerprint density at radius 1 is 1.57 bits per heavy atom. The van der Waals surface area contributed by atoms with Crippen molar-refractivity contribution in [1.82, 2.24) is 10.2 Å². The van der Waals surface area contributed by atoms with E-state index in [-0.39, 0.29) is 6.54 Å². The van der Waals surface area contributed by atoms with Crippen molar-refractivity contribution in [3.8, 4) is 0 Å². The van der Waals surface area contributed by atoms with Crippen LogP contribution in [0.2, 0.25) is 0 Å². The molecule has 2 amide bonds. The summed E-state index contributed by atoms with van der Waals surface area (Å²) < 4.78 is 0. The van der Waals surface area contributed by atoms with Gasteiger partial charge in [0.1, 0.15) is 6.04 Å². The highest BCUT2D eigenvalue weighted by atomic mass is 16.4. The molecule has 2 atom stereocenters. The van der Waals surface area contributed by atoms with E-state index >= 15 is 0 Å². The second-order valence-electron chi connectivity index (χ2n) is 3.40. The molecule has 0 bridgehead atoms. The fourth-order valence-electron chi connectivity index (χ4n) is 1.26. The Bertz CT molecular complexity index is 243. The number of aliphatic hydroxyl groups excluding tert-OH is 1. The van der Waals surface area contributed by atoms with Crippen molar-refractivity contribution in [1.29, 1.82) is 0 Å². The first-order chi connectivity index (χ1) is 6.50. The molecule has 0 spiro atoms. The molecule has 0 aromatic rings. The molecule has 1 aliphatic rings. The van der Waals surface area contributed by atoms with E-state index in [1.165, 1.54) is 11.8 Å². The Morgan fingerprint density at radius 3 is 2.64 bits per heavy atom. The van der Waals surface area contributed by atoms with Crippen molar-refractivity contribution >= 4 is 12.0 Å². The Balaban J connectivity index is 2.39. The quantitative estimate of drug-likeness (QED) is 0.548. The highest BCUT2D eigenvalue weighted by Crippen LogP contribution is 2.08. The van der Waals surface area contributed by atoms with Gasteiger partial charge in [0, 0.05) is 13.1 Å². The van der Waals surface area contributed by atoms with Crippen molar-refractivity contribution in [2.45, 2.75) is 25.5 Å². The van der Waals surface area contributed by atoms with Crippen LogP contribution in [0.5, 0.6) is 0 Å². The first kappa shape index (κ1) is 10.8. The molecule has 3 N–H and O–H groups in total. The predicted octanol–water partition coefficient (Wildman–Crippen LogP) is -0.764. The molecule has 1 aliphatic heterocycles. The van der Waals surface area contributed by atoms with Gasteiger partial charge in [-0.1, -0.05) is 0 Å². The van der Waals surface area contributed by atoms with E-state index in [1.807, 2.05) is 0 Å². The number of β-amino-alcohol motifs (C(OH)–C–C–N with tert-alkyl or cyclic N) is 1. The summed E-state index contributed by atoms with van der Waals surface area (Å²) in [5.41, 5.74) is 0. The average Bonchev–Trinajstić information content (AvgIpc) is 2.51. The maximum atomic E-state index is 11.3. The molecule has 1 saturated heterocycles. The van der Waals surface area contributed by atoms with E-state index in [0.717, 1.165) is 0 Å². The topological polar surface area (TPSA) is 89.9 Å². The van der Waals surface area contributed by atoms with Crippen LogP contribution in [0.4, 0.5) is 4.79 Å². The molecule has 80 valence electrons. The van der Waals surface area contributed by atoms with Crippen LogP contribution in [0.3, 0.4) is 0 Å². The number of aliphatic carboxylic acids is 1. The van der Waals surface area contributed by atoms with Crippen LogP contribution in [0, 0.1) is 0 Å². The van der Waals surface area contributed by atoms with Gasteiger partial charge < -0.3 is 20.4 Å². The van der Waals surface area contributed by atoms with Crippen LogP contribution in [-0.2, 0) is 4.79 Å². The van der Waals surface area contributed by atoms with E-state index in [1.54, 1.807) is 0 Å². The lowest BCUT2D eigenvalue weighted by Gasteiger charge is -2.18. The van der Waals surface area contributed by atoms with Gasteiger partial charge in [-0.15, -0.1) is 0 Å². The molecule has 0 aromatic heterocycles. The summed E-state index contributed by atoms with van der Waals surface area (Å²) in [7, 11) is 0. The molecule has 6 nitrogen and oxygen atoms in total. The number of likely N-dealkylation sites (tertiary alicyclic amines) is 1. The number of nitrogens with one attached hydrogen (secondary N) is 1. The molecule has 6 heteroatoms. The van der Waals surface area contributed by atoms with Crippen molar-refractivity contribution in [2.75, 3.05) is 13.1 Å². The minimum atomic E-state index is -1.07. The fourth-order valence-corrected chi connectivity index (χ4v) is 1.26. The summed E-state index contributed by atoms with van der Waals surface area (Å²) >= 11 is 0. The van der Waals surface area contributed by atoms with Crippen LogP contribution < -0.4 is 5.32 Å². The fraction of sp³-hybridized carbons (Fsp3) is 0.750. The molecule has 1 unspecified atom stereocenters. The molecule has 0 saturated carbocycles. The molecule has 0 aliphatic carbocycles. The number of carbonyl (C=O) groups excluding carboxylic acids is 1. The predicted molar refractivity (Wildman–Crippen MR) is 47.8 cm³/mol. The third kappa shape index (κ3) is 2.59.